The number of hydrogen-bond donors (Lipinski definition) is 2. The van der Waals surface area contributed by atoms with Crippen LogP contribution in [0, 0.1) is 5.82 Å². The summed E-state index contributed by atoms with van der Waals surface area (Å²) in [4.78, 5) is 12.0. The summed E-state index contributed by atoms with van der Waals surface area (Å²) in [7, 11) is 1.60. The van der Waals surface area contributed by atoms with Gasteiger partial charge in [0.2, 0.25) is 0 Å². The zero-order chi connectivity index (χ0) is 17.8. The number of ether oxygens (including phenoxy) is 1. The molecule has 7 heteroatoms. The zero-order valence-corrected chi connectivity index (χ0v) is 13.6. The largest absolute Gasteiger partial charge is 0.497 e. The maximum absolute atomic E-state index is 13.1. The highest BCUT2D eigenvalue weighted by atomic mass is 19.1. The van der Waals surface area contributed by atoms with E-state index in [9.17, 15) is 9.18 Å². The van der Waals surface area contributed by atoms with Gasteiger partial charge >= 0.3 is 0 Å². The minimum absolute atomic E-state index is 0.317. The van der Waals surface area contributed by atoms with Crippen molar-refractivity contribution in [3.63, 3.8) is 0 Å². The first-order chi connectivity index (χ1) is 12.1. The number of hydrazine groups is 1. The Morgan fingerprint density at radius 3 is 2.48 bits per heavy atom. The molecule has 2 aromatic carbocycles. The van der Waals surface area contributed by atoms with Crippen molar-refractivity contribution in [1.82, 2.24) is 15.2 Å². The number of aromatic nitrogens is 2. The molecule has 0 bridgehead atoms. The van der Waals surface area contributed by atoms with Crippen LogP contribution in [-0.2, 0) is 6.54 Å². The molecule has 25 heavy (non-hydrogen) atoms. The van der Waals surface area contributed by atoms with Crippen molar-refractivity contribution in [2.75, 3.05) is 7.11 Å². The third-order valence-corrected chi connectivity index (χ3v) is 3.78. The third-order valence-electron chi connectivity index (χ3n) is 3.78. The molecule has 0 saturated carbocycles. The summed E-state index contributed by atoms with van der Waals surface area (Å²) in [5, 5.41) is 4.46. The van der Waals surface area contributed by atoms with E-state index in [0.717, 1.165) is 11.3 Å². The summed E-state index contributed by atoms with van der Waals surface area (Å²) >= 11 is 0. The van der Waals surface area contributed by atoms with Crippen LogP contribution in [0.5, 0.6) is 5.75 Å². The summed E-state index contributed by atoms with van der Waals surface area (Å²) in [5.41, 5.74) is 4.65. The number of nitrogens with two attached hydrogens (primary N) is 1. The van der Waals surface area contributed by atoms with Gasteiger partial charge in [0, 0.05) is 5.56 Å². The number of methoxy groups -OCH3 is 1. The van der Waals surface area contributed by atoms with Crippen LogP contribution < -0.4 is 16.0 Å². The lowest BCUT2D eigenvalue weighted by molar-refractivity contribution is 0.0943. The monoisotopic (exact) mass is 340 g/mol. The normalized spacial score (nSPS) is 10.5. The number of nitrogen functional groups attached to an aromatic ring is 1. The zero-order valence-electron chi connectivity index (χ0n) is 13.6. The Balaban J connectivity index is 1.95. The van der Waals surface area contributed by atoms with Crippen LogP contribution in [0.2, 0.25) is 0 Å². The topological polar surface area (TPSA) is 82.2 Å². The molecule has 0 atom stereocenters. The molecule has 0 unspecified atom stereocenters. The standard InChI is InChI=1S/C18H17FN4O2/c1-25-15-8-2-12(3-9-15)11-23-17(18(24)21-20)10-16(22-23)13-4-6-14(19)7-5-13/h2-10H,11,20H2,1H3,(H,21,24). The molecule has 0 aliphatic rings. The average Bonchev–Trinajstić information content (AvgIpc) is 3.06. The fraction of sp³-hybridized carbons (Fsp3) is 0.111. The van der Waals surface area contributed by atoms with Crippen LogP contribution >= 0.6 is 0 Å². The first kappa shape index (κ1) is 16.7. The molecule has 0 aliphatic heterocycles. The second-order valence-electron chi connectivity index (χ2n) is 5.40. The minimum atomic E-state index is -0.450. The molecule has 3 aromatic rings. The van der Waals surface area contributed by atoms with Crippen molar-refractivity contribution < 1.29 is 13.9 Å². The van der Waals surface area contributed by atoms with Crippen molar-refractivity contribution in [1.29, 1.82) is 0 Å². The fourth-order valence-corrected chi connectivity index (χ4v) is 2.46. The van der Waals surface area contributed by atoms with E-state index >= 15 is 0 Å². The molecule has 128 valence electrons. The summed E-state index contributed by atoms with van der Waals surface area (Å²) in [6.07, 6.45) is 0. The van der Waals surface area contributed by atoms with Crippen LogP contribution in [0.25, 0.3) is 11.3 Å². The Hall–Kier alpha value is -3.19. The highest BCUT2D eigenvalue weighted by Crippen LogP contribution is 2.21. The number of carbonyl (C=O) groups is 1. The first-order valence-electron chi connectivity index (χ1n) is 7.58. The predicted octanol–water partition coefficient (Wildman–Crippen LogP) is 2.35. The lowest BCUT2D eigenvalue weighted by atomic mass is 10.1. The molecule has 1 amide bonds. The van der Waals surface area contributed by atoms with Gasteiger partial charge in [-0.05, 0) is 48.0 Å². The molecule has 0 saturated heterocycles. The Bertz CT molecular complexity index is 873. The highest BCUT2D eigenvalue weighted by Gasteiger charge is 2.16. The quantitative estimate of drug-likeness (QED) is 0.424. The fourth-order valence-electron chi connectivity index (χ4n) is 2.46. The Labute approximate surface area is 144 Å². The average molecular weight is 340 g/mol. The van der Waals surface area contributed by atoms with Crippen molar-refractivity contribution in [2.24, 2.45) is 5.84 Å². The molecular formula is C18H17FN4O2. The SMILES string of the molecule is COc1ccc(Cn2nc(-c3ccc(F)cc3)cc2C(=O)NN)cc1. The summed E-state index contributed by atoms with van der Waals surface area (Å²) < 4.78 is 19.8. The molecule has 0 radical (unpaired) electrons. The van der Waals surface area contributed by atoms with Gasteiger partial charge in [-0.2, -0.15) is 5.10 Å². The van der Waals surface area contributed by atoms with Gasteiger partial charge < -0.3 is 4.74 Å². The third kappa shape index (κ3) is 3.67. The van der Waals surface area contributed by atoms with E-state index in [-0.39, 0.29) is 5.82 Å². The number of carbonyl (C=O) groups excluding carboxylic acids is 1. The molecule has 3 rings (SSSR count). The maximum atomic E-state index is 13.1. The smallest absolute Gasteiger partial charge is 0.283 e. The maximum Gasteiger partial charge on any atom is 0.283 e. The van der Waals surface area contributed by atoms with E-state index in [1.54, 1.807) is 30.0 Å². The van der Waals surface area contributed by atoms with Gasteiger partial charge in [0.25, 0.3) is 5.91 Å². The molecule has 3 N–H and O–H groups in total. The number of amides is 1. The van der Waals surface area contributed by atoms with Gasteiger partial charge in [-0.15, -0.1) is 0 Å². The Morgan fingerprint density at radius 1 is 1.20 bits per heavy atom. The van der Waals surface area contributed by atoms with Crippen molar-refractivity contribution in [3.8, 4) is 17.0 Å². The van der Waals surface area contributed by atoms with Gasteiger partial charge in [-0.1, -0.05) is 12.1 Å². The van der Waals surface area contributed by atoms with E-state index in [2.05, 4.69) is 10.5 Å². The summed E-state index contributed by atoms with van der Waals surface area (Å²) in [5.74, 6) is 5.23. The van der Waals surface area contributed by atoms with Crippen molar-refractivity contribution in [2.45, 2.75) is 6.54 Å². The first-order valence-corrected chi connectivity index (χ1v) is 7.58. The van der Waals surface area contributed by atoms with Crippen LogP contribution in [0.15, 0.2) is 54.6 Å². The minimum Gasteiger partial charge on any atom is -0.497 e. The van der Waals surface area contributed by atoms with Gasteiger partial charge in [-0.25, -0.2) is 10.2 Å². The van der Waals surface area contributed by atoms with Gasteiger partial charge in [0.05, 0.1) is 19.3 Å². The second kappa shape index (κ2) is 7.14. The van der Waals surface area contributed by atoms with Crippen LogP contribution in [-0.4, -0.2) is 22.8 Å². The van der Waals surface area contributed by atoms with Gasteiger partial charge in [0.15, 0.2) is 0 Å². The molecule has 0 fully saturated rings. The molecule has 1 heterocycles. The van der Waals surface area contributed by atoms with Crippen LogP contribution in [0.3, 0.4) is 0 Å². The lowest BCUT2D eigenvalue weighted by Crippen LogP contribution is -2.32. The van der Waals surface area contributed by atoms with E-state index in [1.165, 1.54) is 12.1 Å². The second-order valence-corrected chi connectivity index (χ2v) is 5.40. The van der Waals surface area contributed by atoms with E-state index in [0.29, 0.717) is 23.5 Å². The summed E-state index contributed by atoms with van der Waals surface area (Å²) in [6, 6.07) is 15.0. The number of hydrogen-bond acceptors (Lipinski definition) is 4. The number of benzene rings is 2. The predicted molar refractivity (Wildman–Crippen MR) is 91.4 cm³/mol. The molecular weight excluding hydrogens is 323 g/mol. The molecule has 1 aromatic heterocycles. The van der Waals surface area contributed by atoms with E-state index in [1.807, 2.05) is 24.3 Å². The van der Waals surface area contributed by atoms with Gasteiger partial charge in [-0.3, -0.25) is 14.9 Å². The Morgan fingerprint density at radius 2 is 1.88 bits per heavy atom. The lowest BCUT2D eigenvalue weighted by Gasteiger charge is -2.07. The van der Waals surface area contributed by atoms with Crippen molar-refractivity contribution >= 4 is 5.91 Å². The number of nitrogens with zero attached hydrogens (tertiary/aromatic N) is 2. The molecule has 6 nitrogen and oxygen atoms in total. The van der Waals surface area contributed by atoms with Crippen LogP contribution in [0.1, 0.15) is 16.1 Å². The number of rotatable bonds is 5. The number of halogens is 1. The molecule has 0 aliphatic carbocycles. The Kier molecular flexibility index (Phi) is 4.76. The highest BCUT2D eigenvalue weighted by molar-refractivity contribution is 5.93. The van der Waals surface area contributed by atoms with E-state index < -0.39 is 5.91 Å². The summed E-state index contributed by atoms with van der Waals surface area (Å²) in [6.45, 7) is 0.383. The van der Waals surface area contributed by atoms with Gasteiger partial charge in [0.1, 0.15) is 17.3 Å². The molecule has 0 spiro atoms. The number of nitrogens with one attached hydrogen (secondary N) is 1. The van der Waals surface area contributed by atoms with Crippen molar-refractivity contribution in [3.05, 3.63) is 71.7 Å². The van der Waals surface area contributed by atoms with E-state index in [4.69, 9.17) is 10.6 Å². The van der Waals surface area contributed by atoms with Crippen LogP contribution in [0.4, 0.5) is 4.39 Å².